The second kappa shape index (κ2) is 9.79. The van der Waals surface area contributed by atoms with E-state index >= 15 is 0 Å². The number of ketones is 1. The lowest BCUT2D eigenvalue weighted by atomic mass is 9.82. The lowest BCUT2D eigenvalue weighted by molar-refractivity contribution is -0.152. The van der Waals surface area contributed by atoms with Crippen molar-refractivity contribution >= 4 is 29.6 Å². The van der Waals surface area contributed by atoms with Crippen LogP contribution in [0.3, 0.4) is 0 Å². The molecule has 1 saturated carbocycles. The highest BCUT2D eigenvalue weighted by Gasteiger charge is 2.61. The fraction of sp³-hybridized carbons (Fsp3) is 0.462. The molecule has 0 amide bonds. The van der Waals surface area contributed by atoms with Gasteiger partial charge in [-0.3, -0.25) is 9.59 Å². The second-order valence-electron chi connectivity index (χ2n) is 9.26. The molecule has 2 aromatic rings. The number of carbonyl (C=O) groups is 2. The van der Waals surface area contributed by atoms with Gasteiger partial charge in [0.1, 0.15) is 5.78 Å². The average Bonchev–Trinajstić information content (AvgIpc) is 3.35. The normalized spacial score (nSPS) is 26.8. The highest BCUT2D eigenvalue weighted by atomic mass is 16.5. The average molecular weight is 449 g/mol. The number of esters is 1. The maximum atomic E-state index is 13.3. The molecule has 1 saturated heterocycles. The summed E-state index contributed by atoms with van der Waals surface area (Å²) in [5.41, 5.74) is 0.267. The summed E-state index contributed by atoms with van der Waals surface area (Å²) in [6.07, 6.45) is 2.75. The van der Waals surface area contributed by atoms with Gasteiger partial charge < -0.3 is 19.3 Å². The van der Waals surface area contributed by atoms with Crippen molar-refractivity contribution in [3.05, 3.63) is 60.7 Å². The van der Waals surface area contributed by atoms with Gasteiger partial charge in [-0.25, -0.2) is 0 Å². The largest absolute Gasteiger partial charge is 0.466 e. The molecule has 0 spiro atoms. The lowest BCUT2D eigenvalue weighted by Crippen LogP contribution is -2.46. The number of hydrogen-bond acceptors (Lipinski definition) is 6. The molecule has 1 N–H and O–H groups in total. The Morgan fingerprint density at radius 1 is 1.27 bits per heavy atom. The van der Waals surface area contributed by atoms with Crippen LogP contribution in [0.2, 0.25) is 6.82 Å². The molecule has 2 unspecified atom stereocenters. The smallest absolute Gasteiger partial charge is 0.377 e. The minimum Gasteiger partial charge on any atom is -0.466 e. The number of nitrogens with zero attached hydrogens (tertiary/aromatic N) is 1. The van der Waals surface area contributed by atoms with Crippen LogP contribution in [0.4, 0.5) is 0 Å². The van der Waals surface area contributed by atoms with Crippen LogP contribution in [0, 0.1) is 11.3 Å². The van der Waals surface area contributed by atoms with Gasteiger partial charge in [-0.2, -0.15) is 0 Å². The fourth-order valence-electron chi connectivity index (χ4n) is 5.07. The van der Waals surface area contributed by atoms with E-state index in [9.17, 15) is 14.6 Å². The Labute approximate surface area is 195 Å². The molecule has 174 valence electrons. The molecule has 4 rings (SSSR count). The van der Waals surface area contributed by atoms with Crippen LogP contribution in [0.15, 0.2) is 55.1 Å². The van der Waals surface area contributed by atoms with E-state index in [2.05, 4.69) is 36.9 Å². The van der Waals surface area contributed by atoms with Gasteiger partial charge >= 0.3 is 13.0 Å². The maximum Gasteiger partial charge on any atom is 0.377 e. The zero-order valence-corrected chi connectivity index (χ0v) is 19.4. The summed E-state index contributed by atoms with van der Waals surface area (Å²) in [5, 5.41) is 12.7. The molecule has 0 radical (unpaired) electrons. The summed E-state index contributed by atoms with van der Waals surface area (Å²) in [6, 6.07) is 14.0. The molecule has 4 atom stereocenters. The lowest BCUT2D eigenvalue weighted by Gasteiger charge is -2.25. The summed E-state index contributed by atoms with van der Waals surface area (Å²) in [4.78, 5) is 27.6. The maximum absolute atomic E-state index is 13.3. The first-order valence-electron chi connectivity index (χ1n) is 11.7. The molecule has 1 heterocycles. The van der Waals surface area contributed by atoms with Crippen molar-refractivity contribution in [1.82, 2.24) is 4.81 Å². The Morgan fingerprint density at radius 3 is 2.70 bits per heavy atom. The number of fused-ring (bicyclic) bond motifs is 1. The Balaban J connectivity index is 1.41. The zero-order valence-electron chi connectivity index (χ0n) is 19.4. The van der Waals surface area contributed by atoms with E-state index in [0.29, 0.717) is 26.0 Å². The van der Waals surface area contributed by atoms with Crippen LogP contribution in [-0.2, 0) is 25.7 Å². The van der Waals surface area contributed by atoms with Crippen molar-refractivity contribution in [2.45, 2.75) is 51.8 Å². The van der Waals surface area contributed by atoms with Gasteiger partial charge in [-0.05, 0) is 54.9 Å². The van der Waals surface area contributed by atoms with E-state index in [1.165, 1.54) is 5.39 Å². The third-order valence-corrected chi connectivity index (χ3v) is 7.04. The number of rotatable bonds is 10. The van der Waals surface area contributed by atoms with Crippen molar-refractivity contribution in [3.8, 4) is 0 Å². The highest BCUT2D eigenvalue weighted by Crippen LogP contribution is 2.57. The molecule has 0 bridgehead atoms. The standard InChI is InChI=1S/C26H32BNO5/c1-4-21-14-26(21,25(30)32-5-2)15-24(29)23-13-22(16-28(23)27(3)31)33-17-18-10-11-19-8-6-7-9-20(19)12-18/h4,6-12,21-23,31H,1,5,13-17H2,2-3H3/t21?,22-,23+,26?/m1/s1. The SMILES string of the molecule is C=CC1CC1(CC(=O)[C@@H]1C[C@@H](OCc2ccc3ccccc3c2)CN1B(C)O)C(=O)OCC. The van der Waals surface area contributed by atoms with Crippen LogP contribution in [0.25, 0.3) is 10.8 Å². The van der Waals surface area contributed by atoms with Crippen LogP contribution in [0.5, 0.6) is 0 Å². The first-order chi connectivity index (χ1) is 15.9. The molecular formula is C26H32BNO5. The predicted molar refractivity (Wildman–Crippen MR) is 128 cm³/mol. The van der Waals surface area contributed by atoms with E-state index in [1.807, 2.05) is 12.1 Å². The zero-order chi connectivity index (χ0) is 23.6. The predicted octanol–water partition coefficient (Wildman–Crippen LogP) is 3.62. The van der Waals surface area contributed by atoms with E-state index < -0.39 is 18.5 Å². The van der Waals surface area contributed by atoms with Crippen molar-refractivity contribution < 1.29 is 24.1 Å². The first-order valence-corrected chi connectivity index (χ1v) is 11.7. The van der Waals surface area contributed by atoms with Gasteiger partial charge in [0, 0.05) is 13.0 Å². The monoisotopic (exact) mass is 449 g/mol. The molecule has 7 heteroatoms. The minimum absolute atomic E-state index is 0.0400. The number of ether oxygens (including phenoxy) is 2. The van der Waals surface area contributed by atoms with Crippen LogP contribution in [-0.4, -0.2) is 53.9 Å². The second-order valence-corrected chi connectivity index (χ2v) is 9.26. The highest BCUT2D eigenvalue weighted by molar-refractivity contribution is 6.46. The third kappa shape index (κ3) is 4.91. The Kier molecular flexibility index (Phi) is 7.03. The number of carbonyl (C=O) groups excluding carboxylic acids is 2. The topological polar surface area (TPSA) is 76.1 Å². The number of Topliss-reactive ketones (excluding diaryl/α,β-unsaturated/α-hetero) is 1. The molecule has 1 aliphatic heterocycles. The van der Waals surface area contributed by atoms with E-state index in [0.717, 1.165) is 10.9 Å². The van der Waals surface area contributed by atoms with Crippen LogP contribution in [0.1, 0.15) is 31.7 Å². The first kappa shape index (κ1) is 23.7. The van der Waals surface area contributed by atoms with Crippen molar-refractivity contribution in [3.63, 3.8) is 0 Å². The third-order valence-electron chi connectivity index (χ3n) is 7.04. The number of benzene rings is 2. The van der Waals surface area contributed by atoms with Gasteiger partial charge in [-0.15, -0.1) is 6.58 Å². The van der Waals surface area contributed by atoms with Gasteiger partial charge in [-0.1, -0.05) is 42.5 Å². The van der Waals surface area contributed by atoms with Crippen LogP contribution >= 0.6 is 0 Å². The number of hydrogen-bond donors (Lipinski definition) is 1. The molecule has 2 aromatic carbocycles. The summed E-state index contributed by atoms with van der Waals surface area (Å²) in [7, 11) is -0.777. The van der Waals surface area contributed by atoms with Gasteiger partial charge in [0.05, 0.1) is 30.8 Å². The molecule has 33 heavy (non-hydrogen) atoms. The van der Waals surface area contributed by atoms with E-state index in [1.54, 1.807) is 24.6 Å². The molecule has 0 aromatic heterocycles. The Hall–Kier alpha value is -2.48. The molecule has 2 fully saturated rings. The Bertz CT molecular complexity index is 1040. The fourth-order valence-corrected chi connectivity index (χ4v) is 5.07. The summed E-state index contributed by atoms with van der Waals surface area (Å²) in [5.74, 6) is -0.416. The molecule has 2 aliphatic rings. The van der Waals surface area contributed by atoms with Crippen molar-refractivity contribution in [1.29, 1.82) is 0 Å². The molecular weight excluding hydrogens is 417 g/mol. The quantitative estimate of drug-likeness (QED) is 0.339. The van der Waals surface area contributed by atoms with Crippen molar-refractivity contribution in [2.75, 3.05) is 13.2 Å². The van der Waals surface area contributed by atoms with Gasteiger partial charge in [0.2, 0.25) is 0 Å². The minimum atomic E-state index is -0.802. The van der Waals surface area contributed by atoms with Gasteiger partial charge in [0.25, 0.3) is 0 Å². The number of allylic oxidation sites excluding steroid dienone is 1. The summed E-state index contributed by atoms with van der Waals surface area (Å²) in [6.45, 7) is 8.43. The van der Waals surface area contributed by atoms with Crippen LogP contribution < -0.4 is 0 Å². The van der Waals surface area contributed by atoms with Crippen molar-refractivity contribution in [2.24, 2.45) is 11.3 Å². The van der Waals surface area contributed by atoms with E-state index in [4.69, 9.17) is 9.47 Å². The van der Waals surface area contributed by atoms with E-state index in [-0.39, 0.29) is 36.8 Å². The Morgan fingerprint density at radius 2 is 2.03 bits per heavy atom. The molecule has 6 nitrogen and oxygen atoms in total. The molecule has 1 aliphatic carbocycles. The van der Waals surface area contributed by atoms with Gasteiger partial charge in [0.15, 0.2) is 0 Å². The summed E-state index contributed by atoms with van der Waals surface area (Å²) >= 11 is 0. The summed E-state index contributed by atoms with van der Waals surface area (Å²) < 4.78 is 11.4.